The number of hydrogen-bond acceptors (Lipinski definition) is 10. The fourth-order valence-corrected chi connectivity index (χ4v) is 8.29. The molecule has 200 valence electrons. The number of rotatable bonds is 8. The Bertz CT molecular complexity index is 1220. The third-order valence-electron chi connectivity index (χ3n) is 7.21. The first-order chi connectivity index (χ1) is 17.0. The molecule has 2 saturated heterocycles. The van der Waals surface area contributed by atoms with Crippen molar-refractivity contribution in [2.24, 2.45) is 17.8 Å². The van der Waals surface area contributed by atoms with Gasteiger partial charge in [-0.3, -0.25) is 13.7 Å². The summed E-state index contributed by atoms with van der Waals surface area (Å²) >= 11 is 6.26. The second-order valence-corrected chi connectivity index (χ2v) is 14.0. The molecule has 2 aliphatic heterocycles. The van der Waals surface area contributed by atoms with Crippen molar-refractivity contribution in [3.8, 4) is 0 Å². The van der Waals surface area contributed by atoms with Crippen molar-refractivity contribution in [2.75, 3.05) is 37.1 Å². The van der Waals surface area contributed by atoms with E-state index in [2.05, 4.69) is 19.9 Å². The Morgan fingerprint density at radius 2 is 1.86 bits per heavy atom. The van der Waals surface area contributed by atoms with Crippen LogP contribution in [0.1, 0.15) is 25.5 Å². The van der Waals surface area contributed by atoms with Gasteiger partial charge in [-0.25, -0.2) is 4.98 Å². The molecule has 0 radical (unpaired) electrons. The lowest BCUT2D eigenvalue weighted by atomic mass is 9.99. The topological polar surface area (TPSA) is 201 Å². The molecule has 0 bridgehead atoms. The molecule has 5 N–H and O–H groups in total. The number of aliphatic hydroxyl groups is 2. The lowest BCUT2D eigenvalue weighted by Gasteiger charge is -2.20. The Hall–Kier alpha value is -1.18. The summed E-state index contributed by atoms with van der Waals surface area (Å²) in [5.74, 6) is -0.462. The zero-order valence-corrected chi connectivity index (χ0v) is 21.6. The molecule has 2 aromatic heterocycles. The van der Waals surface area contributed by atoms with Crippen molar-refractivity contribution in [3.63, 3.8) is 0 Å². The Morgan fingerprint density at radius 3 is 2.50 bits per heavy atom. The van der Waals surface area contributed by atoms with Gasteiger partial charge in [0.15, 0.2) is 29.1 Å². The van der Waals surface area contributed by atoms with Gasteiger partial charge in [-0.2, -0.15) is 9.97 Å². The highest BCUT2D eigenvalue weighted by molar-refractivity contribution is 7.70. The van der Waals surface area contributed by atoms with Gasteiger partial charge in [0.05, 0.1) is 25.6 Å². The first-order valence-corrected chi connectivity index (χ1v) is 15.5. The third-order valence-corrected chi connectivity index (χ3v) is 10.8. The van der Waals surface area contributed by atoms with Gasteiger partial charge >= 0.3 is 15.2 Å². The molecule has 2 aromatic rings. The van der Waals surface area contributed by atoms with E-state index in [-0.39, 0.29) is 5.28 Å². The number of anilines is 1. The molecule has 5 rings (SSSR count). The minimum Gasteiger partial charge on any atom is -0.396 e. The Morgan fingerprint density at radius 1 is 1.17 bits per heavy atom. The predicted molar refractivity (Wildman–Crippen MR) is 127 cm³/mol. The summed E-state index contributed by atoms with van der Waals surface area (Å²) in [7, 11) is -9.45. The molecule has 36 heavy (non-hydrogen) atoms. The van der Waals surface area contributed by atoms with Crippen LogP contribution in [0.5, 0.6) is 0 Å². The van der Waals surface area contributed by atoms with Crippen LogP contribution < -0.4 is 4.90 Å². The number of halogens is 1. The molecule has 1 unspecified atom stereocenters. The molecule has 3 fully saturated rings. The summed E-state index contributed by atoms with van der Waals surface area (Å²) in [6, 6.07) is 0. The van der Waals surface area contributed by atoms with Gasteiger partial charge in [0, 0.05) is 19.0 Å². The molecule has 1 aliphatic carbocycles. The van der Waals surface area contributed by atoms with Crippen molar-refractivity contribution in [3.05, 3.63) is 11.6 Å². The molecular weight excluding hydrogens is 540 g/mol. The standard InChI is InChI=1S/C19H28ClN5O9P2/c20-19-22-16(24-4-10-2-1-3-11(10)5-24)14-17(23-19)25(8-21-14)18-15(27)12(6-26)13(34-18)7-33-36(31,32)9-35(28,29)30/h8,10-13,15,18,26-27H,1-7,9H2,(H,31,32)(H2,28,29,30)/t10-,11+,12-,13+,15+,18+/m0/s1. The minimum absolute atomic E-state index is 0.000966. The summed E-state index contributed by atoms with van der Waals surface area (Å²) in [6.07, 6.45) is 1.60. The van der Waals surface area contributed by atoms with Crippen molar-refractivity contribution in [1.82, 2.24) is 19.5 Å². The van der Waals surface area contributed by atoms with E-state index in [4.69, 9.17) is 30.6 Å². The van der Waals surface area contributed by atoms with Crippen molar-refractivity contribution >= 4 is 43.8 Å². The van der Waals surface area contributed by atoms with E-state index in [0.29, 0.717) is 28.8 Å². The summed E-state index contributed by atoms with van der Waals surface area (Å²) in [5.41, 5.74) is 0.802. The number of nitrogens with zero attached hydrogens (tertiary/aromatic N) is 5. The predicted octanol–water partition coefficient (Wildman–Crippen LogP) is 0.920. The second-order valence-electron chi connectivity index (χ2n) is 9.64. The zero-order chi connectivity index (χ0) is 25.8. The van der Waals surface area contributed by atoms with E-state index in [9.17, 15) is 24.2 Å². The number of imidazole rings is 1. The van der Waals surface area contributed by atoms with Crippen LogP contribution in [0.4, 0.5) is 5.82 Å². The molecule has 0 aromatic carbocycles. The van der Waals surface area contributed by atoms with Crippen molar-refractivity contribution in [1.29, 1.82) is 0 Å². The van der Waals surface area contributed by atoms with Crippen LogP contribution in [0.25, 0.3) is 11.2 Å². The van der Waals surface area contributed by atoms with Crippen molar-refractivity contribution < 1.29 is 43.3 Å². The van der Waals surface area contributed by atoms with Crippen LogP contribution in [0.2, 0.25) is 5.28 Å². The van der Waals surface area contributed by atoms with Gasteiger partial charge in [0.25, 0.3) is 0 Å². The molecule has 14 nitrogen and oxygen atoms in total. The van der Waals surface area contributed by atoms with E-state index in [1.165, 1.54) is 30.2 Å². The minimum atomic E-state index is -4.81. The molecule has 7 atom stereocenters. The van der Waals surface area contributed by atoms with Crippen LogP contribution in [-0.2, 0) is 18.4 Å². The highest BCUT2D eigenvalue weighted by Crippen LogP contribution is 2.55. The molecular formula is C19H28ClN5O9P2. The van der Waals surface area contributed by atoms with Gasteiger partial charge in [0.1, 0.15) is 6.10 Å². The quantitative estimate of drug-likeness (QED) is 0.223. The van der Waals surface area contributed by atoms with Crippen LogP contribution in [0.3, 0.4) is 0 Å². The van der Waals surface area contributed by atoms with Gasteiger partial charge in [-0.1, -0.05) is 6.42 Å². The lowest BCUT2D eigenvalue weighted by Crippen LogP contribution is -2.31. The highest BCUT2D eigenvalue weighted by Gasteiger charge is 2.46. The fraction of sp³-hybridized carbons (Fsp3) is 0.737. The first-order valence-electron chi connectivity index (χ1n) is 11.6. The van der Waals surface area contributed by atoms with E-state index in [1.807, 2.05) is 0 Å². The van der Waals surface area contributed by atoms with E-state index >= 15 is 0 Å². The number of aliphatic hydroxyl groups excluding tert-OH is 2. The molecule has 17 heteroatoms. The second kappa shape index (κ2) is 9.85. The third kappa shape index (κ3) is 5.22. The average molecular weight is 568 g/mol. The number of hydrogen-bond donors (Lipinski definition) is 5. The highest BCUT2D eigenvalue weighted by atomic mass is 35.5. The Labute approximate surface area is 210 Å². The molecule has 0 amide bonds. The maximum Gasteiger partial charge on any atom is 0.340 e. The van der Waals surface area contributed by atoms with Gasteiger partial charge in [-0.05, 0) is 36.3 Å². The largest absolute Gasteiger partial charge is 0.396 e. The molecule has 3 aliphatic rings. The Balaban J connectivity index is 1.38. The number of fused-ring (bicyclic) bond motifs is 2. The average Bonchev–Trinajstić information content (AvgIpc) is 3.52. The molecule has 0 spiro atoms. The summed E-state index contributed by atoms with van der Waals surface area (Å²) in [5, 5.41) is 20.7. The van der Waals surface area contributed by atoms with Crippen molar-refractivity contribution in [2.45, 2.75) is 37.7 Å². The normalized spacial score (nSPS) is 32.3. The van der Waals surface area contributed by atoms with Crippen LogP contribution in [0.15, 0.2) is 6.33 Å². The first kappa shape index (κ1) is 26.4. The summed E-state index contributed by atoms with van der Waals surface area (Å²) in [4.78, 5) is 43.0. The maximum absolute atomic E-state index is 12.0. The van der Waals surface area contributed by atoms with Crippen LogP contribution in [-0.4, -0.2) is 88.8 Å². The zero-order valence-electron chi connectivity index (χ0n) is 19.1. The van der Waals surface area contributed by atoms with E-state index < -0.39 is 58.7 Å². The van der Waals surface area contributed by atoms with E-state index in [1.54, 1.807) is 0 Å². The molecule has 1 saturated carbocycles. The molecule has 4 heterocycles. The van der Waals surface area contributed by atoms with Gasteiger partial charge < -0.3 is 39.1 Å². The summed E-state index contributed by atoms with van der Waals surface area (Å²) in [6.45, 7) is 0.579. The SMILES string of the molecule is O=P(O)(O)CP(=O)(O)OC[C@H]1O[C@@H](n2cnc3c(N4C[C@H]5CCC[C@H]5C4)nc(Cl)nc32)[C@H](O)[C@H]1CO. The van der Waals surface area contributed by atoms with Crippen LogP contribution in [0, 0.1) is 17.8 Å². The van der Waals surface area contributed by atoms with Crippen LogP contribution >= 0.6 is 26.8 Å². The summed E-state index contributed by atoms with van der Waals surface area (Å²) < 4.78 is 35.3. The smallest absolute Gasteiger partial charge is 0.340 e. The Kier molecular flexibility index (Phi) is 7.23. The van der Waals surface area contributed by atoms with Gasteiger partial charge in [0.2, 0.25) is 5.28 Å². The monoisotopic (exact) mass is 567 g/mol. The number of ether oxygens (including phenoxy) is 1. The lowest BCUT2D eigenvalue weighted by molar-refractivity contribution is -0.0472. The van der Waals surface area contributed by atoms with Gasteiger partial charge in [-0.15, -0.1) is 0 Å². The van der Waals surface area contributed by atoms with E-state index in [0.717, 1.165) is 13.1 Å². The maximum atomic E-state index is 12.0. The fourth-order valence-electron chi connectivity index (χ4n) is 5.56. The number of aromatic nitrogens is 4.